The Balaban J connectivity index is 0.000001000. The van der Waals surface area contributed by atoms with Crippen LogP contribution >= 0.6 is 12.4 Å². The minimum atomic E-state index is 0. The average Bonchev–Trinajstić information content (AvgIpc) is 2.05. The van der Waals surface area contributed by atoms with E-state index in [9.17, 15) is 0 Å². The van der Waals surface area contributed by atoms with Crippen molar-refractivity contribution in [2.75, 3.05) is 7.05 Å². The van der Waals surface area contributed by atoms with E-state index in [0.717, 1.165) is 5.56 Å². The van der Waals surface area contributed by atoms with Crippen molar-refractivity contribution in [1.29, 1.82) is 0 Å². The quantitative estimate of drug-likeness (QED) is 0.503. The molecule has 1 aromatic heterocycles. The molecule has 3 nitrogen and oxygen atoms in total. The summed E-state index contributed by atoms with van der Waals surface area (Å²) in [6.45, 7) is 0. The molecule has 0 aliphatic carbocycles. The van der Waals surface area contributed by atoms with Crippen molar-refractivity contribution in [3.8, 4) is 0 Å². The molecule has 0 radical (unpaired) electrons. The summed E-state index contributed by atoms with van der Waals surface area (Å²) in [7, 11) is 1.66. The molecule has 1 heterocycles. The van der Waals surface area contributed by atoms with Gasteiger partial charge in [-0.3, -0.25) is 9.98 Å². The van der Waals surface area contributed by atoms with Gasteiger partial charge < -0.3 is 5.73 Å². The highest BCUT2D eigenvalue weighted by molar-refractivity contribution is 5.96. The van der Waals surface area contributed by atoms with Crippen LogP contribution in [0.2, 0.25) is 0 Å². The van der Waals surface area contributed by atoms with Gasteiger partial charge in [0.15, 0.2) is 0 Å². The summed E-state index contributed by atoms with van der Waals surface area (Å²) >= 11 is 0. The van der Waals surface area contributed by atoms with Crippen molar-refractivity contribution >= 4 is 18.2 Å². The Morgan fingerprint density at radius 1 is 1.64 bits per heavy atom. The number of amidine groups is 1. The van der Waals surface area contributed by atoms with Crippen LogP contribution in [0.3, 0.4) is 0 Å². The fourth-order valence-corrected chi connectivity index (χ4v) is 0.643. The van der Waals surface area contributed by atoms with Crippen LogP contribution in [0, 0.1) is 0 Å². The van der Waals surface area contributed by atoms with E-state index in [2.05, 4.69) is 9.98 Å². The maximum Gasteiger partial charge on any atom is 0.126 e. The second-order valence-corrected chi connectivity index (χ2v) is 1.85. The molecule has 0 aromatic carbocycles. The zero-order valence-corrected chi connectivity index (χ0v) is 7.01. The Labute approximate surface area is 71.8 Å². The number of rotatable bonds is 1. The fourth-order valence-electron chi connectivity index (χ4n) is 0.643. The molecule has 0 spiro atoms. The summed E-state index contributed by atoms with van der Waals surface area (Å²) in [5.74, 6) is 0.521. The van der Waals surface area contributed by atoms with Crippen molar-refractivity contribution < 1.29 is 0 Å². The fraction of sp³-hybridized carbons (Fsp3) is 0.143. The van der Waals surface area contributed by atoms with Gasteiger partial charge in [0.1, 0.15) is 5.84 Å². The Morgan fingerprint density at radius 2 is 2.36 bits per heavy atom. The summed E-state index contributed by atoms with van der Waals surface area (Å²) < 4.78 is 0. The summed E-state index contributed by atoms with van der Waals surface area (Å²) in [6.07, 6.45) is 3.38. The van der Waals surface area contributed by atoms with Crippen molar-refractivity contribution in [1.82, 2.24) is 4.98 Å². The number of aliphatic imine (C=N–C) groups is 1. The number of aromatic nitrogens is 1. The van der Waals surface area contributed by atoms with Crippen LogP contribution in [0.4, 0.5) is 0 Å². The molecule has 0 unspecified atom stereocenters. The Morgan fingerprint density at radius 3 is 2.82 bits per heavy atom. The first-order chi connectivity index (χ1) is 4.84. The van der Waals surface area contributed by atoms with E-state index in [1.807, 2.05) is 12.1 Å². The summed E-state index contributed by atoms with van der Waals surface area (Å²) in [4.78, 5) is 7.71. The lowest BCUT2D eigenvalue weighted by molar-refractivity contribution is 1.29. The van der Waals surface area contributed by atoms with E-state index >= 15 is 0 Å². The number of nitrogens with zero attached hydrogens (tertiary/aromatic N) is 2. The lowest BCUT2D eigenvalue weighted by atomic mass is 10.3. The number of pyridine rings is 1. The molecule has 0 aliphatic rings. The molecule has 0 amide bonds. The molecule has 60 valence electrons. The van der Waals surface area contributed by atoms with E-state index in [-0.39, 0.29) is 12.4 Å². The molecule has 0 saturated carbocycles. The number of hydrogen-bond acceptors (Lipinski definition) is 2. The Bertz CT molecular complexity index is 233. The monoisotopic (exact) mass is 171 g/mol. The molecule has 1 rings (SSSR count). The van der Waals surface area contributed by atoms with E-state index in [4.69, 9.17) is 5.73 Å². The van der Waals surface area contributed by atoms with Crippen molar-refractivity contribution in [2.24, 2.45) is 10.7 Å². The van der Waals surface area contributed by atoms with Crippen LogP contribution in [-0.4, -0.2) is 17.9 Å². The van der Waals surface area contributed by atoms with Gasteiger partial charge in [-0.2, -0.15) is 0 Å². The normalized spacial score (nSPS) is 10.5. The Hall–Kier alpha value is -1.09. The lowest BCUT2D eigenvalue weighted by Crippen LogP contribution is -2.12. The second-order valence-electron chi connectivity index (χ2n) is 1.85. The largest absolute Gasteiger partial charge is 0.383 e. The van der Waals surface area contributed by atoms with Crippen LogP contribution in [0.1, 0.15) is 5.56 Å². The van der Waals surface area contributed by atoms with Gasteiger partial charge in [-0.15, -0.1) is 12.4 Å². The predicted molar refractivity (Wildman–Crippen MR) is 48.1 cm³/mol. The highest BCUT2D eigenvalue weighted by Gasteiger charge is 1.92. The third-order valence-electron chi connectivity index (χ3n) is 1.20. The topological polar surface area (TPSA) is 51.3 Å². The van der Waals surface area contributed by atoms with E-state index < -0.39 is 0 Å². The zero-order chi connectivity index (χ0) is 7.40. The standard InChI is InChI=1S/C7H9N3.ClH/c1-9-7(8)6-3-2-4-10-5-6;/h2-5H,1H3,(H2,8,9);1H. The number of halogens is 1. The third-order valence-corrected chi connectivity index (χ3v) is 1.20. The first-order valence-corrected chi connectivity index (χ1v) is 2.97. The van der Waals surface area contributed by atoms with Crippen molar-refractivity contribution in [2.45, 2.75) is 0 Å². The minimum absolute atomic E-state index is 0. The van der Waals surface area contributed by atoms with Gasteiger partial charge >= 0.3 is 0 Å². The molecule has 0 fully saturated rings. The maximum atomic E-state index is 5.50. The third kappa shape index (κ3) is 2.55. The summed E-state index contributed by atoms with van der Waals surface area (Å²) in [5, 5.41) is 0. The first kappa shape index (κ1) is 9.91. The zero-order valence-electron chi connectivity index (χ0n) is 6.19. The maximum absolute atomic E-state index is 5.50. The van der Waals surface area contributed by atoms with Crippen molar-refractivity contribution in [3.05, 3.63) is 30.1 Å². The molecular weight excluding hydrogens is 162 g/mol. The first-order valence-electron chi connectivity index (χ1n) is 2.97. The molecule has 4 heteroatoms. The van der Waals surface area contributed by atoms with Gasteiger partial charge in [-0.1, -0.05) is 0 Å². The SMILES string of the molecule is CN=C(N)c1cccnc1.Cl. The van der Waals surface area contributed by atoms with Gasteiger partial charge in [0.05, 0.1) is 0 Å². The molecule has 0 aliphatic heterocycles. The van der Waals surface area contributed by atoms with Gasteiger partial charge in [0, 0.05) is 25.0 Å². The van der Waals surface area contributed by atoms with Gasteiger partial charge in [-0.05, 0) is 12.1 Å². The highest BCUT2D eigenvalue weighted by atomic mass is 35.5. The van der Waals surface area contributed by atoms with Gasteiger partial charge in [0.25, 0.3) is 0 Å². The van der Waals surface area contributed by atoms with Gasteiger partial charge in [0.2, 0.25) is 0 Å². The molecule has 2 N–H and O–H groups in total. The van der Waals surface area contributed by atoms with Crippen molar-refractivity contribution in [3.63, 3.8) is 0 Å². The van der Waals surface area contributed by atoms with Crippen LogP contribution in [0.15, 0.2) is 29.5 Å². The Kier molecular flexibility index (Phi) is 4.22. The van der Waals surface area contributed by atoms with E-state index in [1.165, 1.54) is 0 Å². The molecule has 0 saturated heterocycles. The average molecular weight is 172 g/mol. The van der Waals surface area contributed by atoms with E-state index in [0.29, 0.717) is 5.84 Å². The summed E-state index contributed by atoms with van der Waals surface area (Å²) in [5.41, 5.74) is 6.37. The number of hydrogen-bond donors (Lipinski definition) is 1. The van der Waals surface area contributed by atoms with E-state index in [1.54, 1.807) is 19.4 Å². The predicted octanol–water partition coefficient (Wildman–Crippen LogP) is 0.838. The van der Waals surface area contributed by atoms with Crippen LogP contribution in [-0.2, 0) is 0 Å². The molecule has 1 aromatic rings. The summed E-state index contributed by atoms with van der Waals surface area (Å²) in [6, 6.07) is 3.70. The molecular formula is C7H10ClN3. The lowest BCUT2D eigenvalue weighted by Gasteiger charge is -1.95. The molecule has 0 bridgehead atoms. The minimum Gasteiger partial charge on any atom is -0.383 e. The number of nitrogens with two attached hydrogens (primary N) is 1. The highest BCUT2D eigenvalue weighted by Crippen LogP contribution is 1.93. The molecule has 0 atom stereocenters. The molecule has 11 heavy (non-hydrogen) atoms. The van der Waals surface area contributed by atoms with Crippen LogP contribution < -0.4 is 5.73 Å². The van der Waals surface area contributed by atoms with Gasteiger partial charge in [-0.25, -0.2) is 0 Å². The second kappa shape index (κ2) is 4.68. The van der Waals surface area contributed by atoms with Crippen LogP contribution in [0.5, 0.6) is 0 Å². The van der Waals surface area contributed by atoms with Crippen LogP contribution in [0.25, 0.3) is 0 Å². The smallest absolute Gasteiger partial charge is 0.126 e.